The first-order chi connectivity index (χ1) is 10.4. The number of rotatable bonds is 5. The molecule has 1 aliphatic carbocycles. The third-order valence-electron chi connectivity index (χ3n) is 5.56. The number of nitrogens with zero attached hydrogens (tertiary/aromatic N) is 2. The molecule has 0 bridgehead atoms. The van der Waals surface area contributed by atoms with Gasteiger partial charge in [-0.2, -0.15) is 0 Å². The maximum absolute atomic E-state index is 12.6. The molecule has 0 spiro atoms. The SMILES string of the molecule is CC[C@H](C)CS(=O)(=O)N1CC[C@@H]2[C@@H](CCC(=O)N2C2CC2)C1. The molecule has 3 fully saturated rings. The number of piperidine rings is 2. The third kappa shape index (κ3) is 3.18. The smallest absolute Gasteiger partial charge is 0.223 e. The van der Waals surface area contributed by atoms with E-state index in [1.165, 1.54) is 0 Å². The first kappa shape index (κ1) is 16.2. The lowest BCUT2D eigenvalue weighted by Gasteiger charge is -2.47. The minimum absolute atomic E-state index is 0.207. The summed E-state index contributed by atoms with van der Waals surface area (Å²) in [5.74, 6) is 1.09. The van der Waals surface area contributed by atoms with E-state index in [-0.39, 0.29) is 17.7 Å². The second-order valence-corrected chi connectivity index (χ2v) is 9.35. The minimum atomic E-state index is -3.15. The first-order valence-electron chi connectivity index (χ1n) is 8.71. The zero-order valence-corrected chi connectivity index (χ0v) is 14.5. The molecule has 1 saturated carbocycles. The minimum Gasteiger partial charge on any atom is -0.336 e. The fourth-order valence-corrected chi connectivity index (χ4v) is 5.89. The van der Waals surface area contributed by atoms with Gasteiger partial charge in [-0.15, -0.1) is 0 Å². The van der Waals surface area contributed by atoms with Crippen molar-refractivity contribution in [3.8, 4) is 0 Å². The number of carbonyl (C=O) groups is 1. The van der Waals surface area contributed by atoms with Gasteiger partial charge < -0.3 is 4.90 Å². The Bertz CT molecular complexity index is 530. The number of hydrogen-bond donors (Lipinski definition) is 0. The Hall–Kier alpha value is -0.620. The van der Waals surface area contributed by atoms with Crippen molar-refractivity contribution < 1.29 is 13.2 Å². The van der Waals surface area contributed by atoms with Gasteiger partial charge in [0.1, 0.15) is 0 Å². The molecular weight excluding hydrogens is 300 g/mol. The summed E-state index contributed by atoms with van der Waals surface area (Å²) in [5, 5.41) is 0. The molecule has 0 aromatic rings. The Kier molecular flexibility index (Phi) is 4.52. The summed E-state index contributed by atoms with van der Waals surface area (Å²) >= 11 is 0. The molecule has 0 unspecified atom stereocenters. The molecule has 22 heavy (non-hydrogen) atoms. The van der Waals surface area contributed by atoms with Gasteiger partial charge in [0.2, 0.25) is 15.9 Å². The van der Waals surface area contributed by atoms with Gasteiger partial charge in [0.05, 0.1) is 5.75 Å². The van der Waals surface area contributed by atoms with Crippen LogP contribution in [0.4, 0.5) is 0 Å². The standard InChI is InChI=1S/C16H28N2O3S/c1-3-12(2)11-22(20,21)17-9-8-15-13(10-17)4-7-16(19)18(15)14-5-6-14/h12-15H,3-11H2,1-2H3/t12-,13-,15+/m0/s1. The number of fused-ring (bicyclic) bond motifs is 1. The largest absolute Gasteiger partial charge is 0.336 e. The van der Waals surface area contributed by atoms with Crippen LogP contribution in [0.2, 0.25) is 0 Å². The van der Waals surface area contributed by atoms with Gasteiger partial charge in [-0.25, -0.2) is 12.7 Å². The average Bonchev–Trinajstić information content (AvgIpc) is 3.30. The van der Waals surface area contributed by atoms with Crippen LogP contribution < -0.4 is 0 Å². The summed E-state index contributed by atoms with van der Waals surface area (Å²) in [6.45, 7) is 5.22. The van der Waals surface area contributed by atoms with Crippen LogP contribution in [0.5, 0.6) is 0 Å². The van der Waals surface area contributed by atoms with Gasteiger partial charge in [0.25, 0.3) is 0 Å². The highest BCUT2D eigenvalue weighted by molar-refractivity contribution is 7.89. The highest BCUT2D eigenvalue weighted by Gasteiger charge is 2.46. The fourth-order valence-electron chi connectivity index (χ4n) is 3.92. The Balaban J connectivity index is 1.68. The summed E-state index contributed by atoms with van der Waals surface area (Å²) in [4.78, 5) is 14.3. The molecule has 3 atom stereocenters. The number of hydrogen-bond acceptors (Lipinski definition) is 3. The second kappa shape index (κ2) is 6.11. The third-order valence-corrected chi connectivity index (χ3v) is 7.67. The molecule has 2 heterocycles. The fraction of sp³-hybridized carbons (Fsp3) is 0.938. The quantitative estimate of drug-likeness (QED) is 0.774. The van der Waals surface area contributed by atoms with Crippen molar-refractivity contribution in [1.82, 2.24) is 9.21 Å². The molecule has 2 aliphatic heterocycles. The predicted molar refractivity (Wildman–Crippen MR) is 85.8 cm³/mol. The van der Waals surface area contributed by atoms with Crippen LogP contribution in [0.15, 0.2) is 0 Å². The topological polar surface area (TPSA) is 57.7 Å². The molecule has 5 nitrogen and oxygen atoms in total. The van der Waals surface area contributed by atoms with E-state index in [1.54, 1.807) is 4.31 Å². The zero-order valence-electron chi connectivity index (χ0n) is 13.7. The summed E-state index contributed by atoms with van der Waals surface area (Å²) < 4.78 is 26.8. The van der Waals surface area contributed by atoms with Crippen molar-refractivity contribution in [2.45, 2.75) is 64.5 Å². The molecule has 3 aliphatic rings. The zero-order chi connectivity index (χ0) is 15.9. The van der Waals surface area contributed by atoms with E-state index >= 15 is 0 Å². The lowest BCUT2D eigenvalue weighted by Crippen LogP contribution is -2.57. The van der Waals surface area contributed by atoms with E-state index in [4.69, 9.17) is 0 Å². The van der Waals surface area contributed by atoms with Crippen molar-refractivity contribution in [3.05, 3.63) is 0 Å². The van der Waals surface area contributed by atoms with Crippen LogP contribution in [-0.2, 0) is 14.8 Å². The Labute approximate surface area is 134 Å². The van der Waals surface area contributed by atoms with E-state index < -0.39 is 10.0 Å². The Morgan fingerprint density at radius 3 is 2.59 bits per heavy atom. The first-order valence-corrected chi connectivity index (χ1v) is 10.3. The lowest BCUT2D eigenvalue weighted by molar-refractivity contribution is -0.141. The van der Waals surface area contributed by atoms with Crippen LogP contribution in [0.3, 0.4) is 0 Å². The molecule has 0 radical (unpaired) electrons. The maximum Gasteiger partial charge on any atom is 0.223 e. The van der Waals surface area contributed by atoms with Crippen molar-refractivity contribution >= 4 is 15.9 Å². The van der Waals surface area contributed by atoms with Crippen LogP contribution in [0, 0.1) is 11.8 Å². The van der Waals surface area contributed by atoms with E-state index in [2.05, 4.69) is 4.90 Å². The van der Waals surface area contributed by atoms with Crippen molar-refractivity contribution in [2.75, 3.05) is 18.8 Å². The van der Waals surface area contributed by atoms with Crippen LogP contribution in [0.25, 0.3) is 0 Å². The molecule has 0 N–H and O–H groups in total. The predicted octanol–water partition coefficient (Wildman–Crippen LogP) is 1.84. The summed E-state index contributed by atoms with van der Waals surface area (Å²) in [7, 11) is -3.15. The number of carbonyl (C=O) groups excluding carboxylic acids is 1. The Morgan fingerprint density at radius 1 is 1.23 bits per heavy atom. The van der Waals surface area contributed by atoms with Gasteiger partial charge in [-0.3, -0.25) is 4.79 Å². The lowest BCUT2D eigenvalue weighted by atomic mass is 9.84. The van der Waals surface area contributed by atoms with Crippen molar-refractivity contribution in [1.29, 1.82) is 0 Å². The van der Waals surface area contributed by atoms with E-state index in [9.17, 15) is 13.2 Å². The number of amides is 1. The molecule has 0 aromatic heterocycles. The van der Waals surface area contributed by atoms with E-state index in [0.717, 1.165) is 32.1 Å². The summed E-state index contributed by atoms with van der Waals surface area (Å²) in [6.07, 6.45) is 5.41. The second-order valence-electron chi connectivity index (χ2n) is 7.34. The maximum atomic E-state index is 12.6. The molecule has 0 aromatic carbocycles. The van der Waals surface area contributed by atoms with E-state index in [0.29, 0.717) is 37.4 Å². The number of likely N-dealkylation sites (tertiary alicyclic amines) is 1. The van der Waals surface area contributed by atoms with Gasteiger partial charge in [0, 0.05) is 31.6 Å². The molecule has 2 saturated heterocycles. The normalized spacial score (nSPS) is 31.9. The summed E-state index contributed by atoms with van der Waals surface area (Å²) in [6, 6.07) is 0.729. The van der Waals surface area contributed by atoms with Gasteiger partial charge >= 0.3 is 0 Å². The Morgan fingerprint density at radius 2 is 1.95 bits per heavy atom. The highest BCUT2D eigenvalue weighted by atomic mass is 32.2. The van der Waals surface area contributed by atoms with Crippen LogP contribution in [-0.4, -0.2) is 54.5 Å². The van der Waals surface area contributed by atoms with Gasteiger partial charge in [0.15, 0.2) is 0 Å². The molecule has 6 heteroatoms. The number of sulfonamides is 1. The average molecular weight is 328 g/mol. The van der Waals surface area contributed by atoms with Gasteiger partial charge in [-0.05, 0) is 37.5 Å². The molecule has 1 amide bonds. The molecule has 3 rings (SSSR count). The van der Waals surface area contributed by atoms with Crippen LogP contribution >= 0.6 is 0 Å². The molecule has 126 valence electrons. The van der Waals surface area contributed by atoms with Gasteiger partial charge in [-0.1, -0.05) is 20.3 Å². The molecular formula is C16H28N2O3S. The monoisotopic (exact) mass is 328 g/mol. The van der Waals surface area contributed by atoms with Crippen molar-refractivity contribution in [2.24, 2.45) is 11.8 Å². The van der Waals surface area contributed by atoms with Crippen molar-refractivity contribution in [3.63, 3.8) is 0 Å². The highest BCUT2D eigenvalue weighted by Crippen LogP contribution is 2.39. The van der Waals surface area contributed by atoms with E-state index in [1.807, 2.05) is 13.8 Å². The summed E-state index contributed by atoms with van der Waals surface area (Å²) in [5.41, 5.74) is 0. The van der Waals surface area contributed by atoms with Crippen LogP contribution in [0.1, 0.15) is 52.4 Å².